The van der Waals surface area contributed by atoms with Crippen molar-refractivity contribution in [2.24, 2.45) is 0 Å². The van der Waals surface area contributed by atoms with E-state index in [1.54, 1.807) is 5.51 Å². The standard InChI is InChI=1S/C19H25N5O2S/c1-14-12-23(17-6-10-26-11-7-17)8-9-24(14)19(25)21-16-4-2-15(3-5-16)18-22-20-13-27-18/h2-5,13-14,17H,6-12H2,1H3,(H,21,25)/t14-/m1/s1. The summed E-state index contributed by atoms with van der Waals surface area (Å²) in [6.45, 7) is 6.45. The van der Waals surface area contributed by atoms with Crippen LogP contribution in [-0.2, 0) is 4.74 Å². The summed E-state index contributed by atoms with van der Waals surface area (Å²) in [5.41, 5.74) is 3.52. The van der Waals surface area contributed by atoms with Crippen LogP contribution in [0.2, 0.25) is 0 Å². The van der Waals surface area contributed by atoms with E-state index in [2.05, 4.69) is 27.3 Å². The number of amides is 2. The molecule has 0 unspecified atom stereocenters. The molecule has 7 nitrogen and oxygen atoms in total. The van der Waals surface area contributed by atoms with E-state index in [0.717, 1.165) is 61.9 Å². The molecule has 2 amide bonds. The van der Waals surface area contributed by atoms with Gasteiger partial charge in [0.15, 0.2) is 0 Å². The molecule has 144 valence electrons. The molecular weight excluding hydrogens is 362 g/mol. The second-order valence-corrected chi connectivity index (χ2v) is 7.97. The van der Waals surface area contributed by atoms with E-state index in [1.165, 1.54) is 11.3 Å². The van der Waals surface area contributed by atoms with Crippen molar-refractivity contribution in [2.75, 3.05) is 38.2 Å². The number of urea groups is 1. The predicted octanol–water partition coefficient (Wildman–Crippen LogP) is 2.92. The summed E-state index contributed by atoms with van der Waals surface area (Å²) in [4.78, 5) is 17.2. The Hall–Kier alpha value is -2.03. The number of benzene rings is 1. The first-order chi connectivity index (χ1) is 13.2. The van der Waals surface area contributed by atoms with E-state index < -0.39 is 0 Å². The molecule has 0 bridgehead atoms. The fourth-order valence-electron chi connectivity index (χ4n) is 3.86. The van der Waals surface area contributed by atoms with E-state index in [9.17, 15) is 4.79 Å². The summed E-state index contributed by atoms with van der Waals surface area (Å²) in [5, 5.41) is 11.8. The smallest absolute Gasteiger partial charge is 0.322 e. The van der Waals surface area contributed by atoms with Crippen LogP contribution in [0.25, 0.3) is 10.6 Å². The number of piperazine rings is 1. The van der Waals surface area contributed by atoms with Crippen LogP contribution >= 0.6 is 11.3 Å². The molecule has 0 saturated carbocycles. The van der Waals surface area contributed by atoms with Gasteiger partial charge in [-0.2, -0.15) is 0 Å². The third kappa shape index (κ3) is 4.28. The molecular formula is C19H25N5O2S. The zero-order valence-corrected chi connectivity index (χ0v) is 16.3. The number of nitrogens with zero attached hydrogens (tertiary/aromatic N) is 4. The summed E-state index contributed by atoms with van der Waals surface area (Å²) in [7, 11) is 0. The van der Waals surface area contributed by atoms with Crippen LogP contribution in [0.5, 0.6) is 0 Å². The first kappa shape index (κ1) is 18.3. The first-order valence-electron chi connectivity index (χ1n) is 9.47. The average molecular weight is 388 g/mol. The van der Waals surface area contributed by atoms with Crippen molar-refractivity contribution in [3.05, 3.63) is 29.8 Å². The van der Waals surface area contributed by atoms with Crippen molar-refractivity contribution in [1.29, 1.82) is 0 Å². The SMILES string of the molecule is C[C@@H]1CN(C2CCOCC2)CCN1C(=O)Nc1ccc(-c2nncs2)cc1. The molecule has 3 heterocycles. The van der Waals surface area contributed by atoms with E-state index in [4.69, 9.17) is 4.74 Å². The normalized spacial score (nSPS) is 22.0. The quantitative estimate of drug-likeness (QED) is 0.877. The largest absolute Gasteiger partial charge is 0.381 e. The van der Waals surface area contributed by atoms with Crippen LogP contribution in [0.15, 0.2) is 29.8 Å². The number of carbonyl (C=O) groups excluding carboxylic acids is 1. The fraction of sp³-hybridized carbons (Fsp3) is 0.526. The summed E-state index contributed by atoms with van der Waals surface area (Å²) < 4.78 is 5.47. The minimum atomic E-state index is -0.0298. The van der Waals surface area contributed by atoms with Gasteiger partial charge in [0.2, 0.25) is 0 Å². The molecule has 0 spiro atoms. The van der Waals surface area contributed by atoms with Crippen LogP contribution in [0.3, 0.4) is 0 Å². The number of nitrogens with one attached hydrogen (secondary N) is 1. The van der Waals surface area contributed by atoms with Gasteiger partial charge in [0.05, 0.1) is 0 Å². The second kappa shape index (κ2) is 8.33. The average Bonchev–Trinajstić information content (AvgIpc) is 3.24. The maximum atomic E-state index is 12.7. The molecule has 1 atom stereocenters. The lowest BCUT2D eigenvalue weighted by atomic mass is 10.0. The Morgan fingerprint density at radius 3 is 2.67 bits per heavy atom. The van der Waals surface area contributed by atoms with Gasteiger partial charge in [-0.25, -0.2) is 4.79 Å². The predicted molar refractivity (Wildman–Crippen MR) is 106 cm³/mol. The van der Waals surface area contributed by atoms with Crippen LogP contribution in [0.4, 0.5) is 10.5 Å². The lowest BCUT2D eigenvalue weighted by Crippen LogP contribution is -2.58. The zero-order chi connectivity index (χ0) is 18.6. The second-order valence-electron chi connectivity index (χ2n) is 7.13. The molecule has 1 N–H and O–H groups in total. The first-order valence-corrected chi connectivity index (χ1v) is 10.3. The highest BCUT2D eigenvalue weighted by molar-refractivity contribution is 7.12. The van der Waals surface area contributed by atoms with Crippen molar-refractivity contribution >= 4 is 23.1 Å². The van der Waals surface area contributed by atoms with Gasteiger partial charge in [0, 0.05) is 56.2 Å². The minimum Gasteiger partial charge on any atom is -0.381 e. The summed E-state index contributed by atoms with van der Waals surface area (Å²) >= 11 is 1.50. The van der Waals surface area contributed by atoms with Crippen molar-refractivity contribution < 1.29 is 9.53 Å². The number of rotatable bonds is 3. The summed E-state index contributed by atoms with van der Waals surface area (Å²) in [6, 6.07) is 8.51. The third-order valence-electron chi connectivity index (χ3n) is 5.37. The number of aromatic nitrogens is 2. The molecule has 2 fully saturated rings. The van der Waals surface area contributed by atoms with Crippen LogP contribution in [-0.4, -0.2) is 71.0 Å². The van der Waals surface area contributed by atoms with E-state index >= 15 is 0 Å². The van der Waals surface area contributed by atoms with Gasteiger partial charge in [-0.3, -0.25) is 4.90 Å². The number of anilines is 1. The van der Waals surface area contributed by atoms with Gasteiger partial charge < -0.3 is 15.0 Å². The highest BCUT2D eigenvalue weighted by Crippen LogP contribution is 2.23. The Morgan fingerprint density at radius 1 is 1.22 bits per heavy atom. The lowest BCUT2D eigenvalue weighted by Gasteiger charge is -2.44. The summed E-state index contributed by atoms with van der Waals surface area (Å²) in [6.07, 6.45) is 2.19. The Labute approximate surface area is 163 Å². The molecule has 2 aliphatic heterocycles. The molecule has 27 heavy (non-hydrogen) atoms. The monoisotopic (exact) mass is 387 g/mol. The van der Waals surface area contributed by atoms with E-state index in [1.807, 2.05) is 29.2 Å². The van der Waals surface area contributed by atoms with Crippen molar-refractivity contribution in [1.82, 2.24) is 20.0 Å². The maximum Gasteiger partial charge on any atom is 0.322 e. The maximum absolute atomic E-state index is 12.7. The molecule has 0 aliphatic carbocycles. The van der Waals surface area contributed by atoms with Crippen molar-refractivity contribution in [2.45, 2.75) is 31.8 Å². The van der Waals surface area contributed by atoms with Crippen LogP contribution in [0, 0.1) is 0 Å². The fourth-order valence-corrected chi connectivity index (χ4v) is 4.42. The van der Waals surface area contributed by atoms with Gasteiger partial charge >= 0.3 is 6.03 Å². The molecule has 0 radical (unpaired) electrons. The van der Waals surface area contributed by atoms with Crippen LogP contribution in [0.1, 0.15) is 19.8 Å². The highest BCUT2D eigenvalue weighted by Gasteiger charge is 2.31. The zero-order valence-electron chi connectivity index (χ0n) is 15.5. The highest BCUT2D eigenvalue weighted by atomic mass is 32.1. The molecule has 2 aliphatic rings. The minimum absolute atomic E-state index is 0.0298. The number of hydrogen-bond donors (Lipinski definition) is 1. The van der Waals surface area contributed by atoms with Crippen LogP contribution < -0.4 is 5.32 Å². The van der Waals surface area contributed by atoms with Gasteiger partial charge in [-0.1, -0.05) is 11.3 Å². The Morgan fingerprint density at radius 2 is 2.00 bits per heavy atom. The lowest BCUT2D eigenvalue weighted by molar-refractivity contribution is 0.00816. The molecule has 2 aromatic rings. The van der Waals surface area contributed by atoms with E-state index in [-0.39, 0.29) is 12.1 Å². The molecule has 1 aromatic heterocycles. The Bertz CT molecular complexity index is 746. The van der Waals surface area contributed by atoms with Gasteiger partial charge in [0.1, 0.15) is 10.5 Å². The molecule has 2 saturated heterocycles. The Balaban J connectivity index is 1.33. The topological polar surface area (TPSA) is 70.6 Å². The molecule has 4 rings (SSSR count). The summed E-state index contributed by atoms with van der Waals surface area (Å²) in [5.74, 6) is 0. The van der Waals surface area contributed by atoms with Gasteiger partial charge in [-0.05, 0) is 44.0 Å². The van der Waals surface area contributed by atoms with Crippen molar-refractivity contribution in [3.63, 3.8) is 0 Å². The van der Waals surface area contributed by atoms with Crippen molar-refractivity contribution in [3.8, 4) is 10.6 Å². The van der Waals surface area contributed by atoms with E-state index in [0.29, 0.717) is 6.04 Å². The molecule has 8 heteroatoms. The number of hydrogen-bond acceptors (Lipinski definition) is 6. The van der Waals surface area contributed by atoms with Gasteiger partial charge in [0.25, 0.3) is 0 Å². The third-order valence-corrected chi connectivity index (χ3v) is 6.11. The molecule has 1 aromatic carbocycles. The Kier molecular flexibility index (Phi) is 5.66. The van der Waals surface area contributed by atoms with Gasteiger partial charge in [-0.15, -0.1) is 10.2 Å². The number of ether oxygens (including phenoxy) is 1. The number of carbonyl (C=O) groups is 1.